The first-order valence-corrected chi connectivity index (χ1v) is 11.7. The van der Waals surface area contributed by atoms with Crippen LogP contribution < -0.4 is 10.3 Å². The number of aryl methyl sites for hydroxylation is 1. The number of unbranched alkanes of at least 4 members (excludes halogenated alkanes) is 1. The SMILES string of the molecule is CCCCc1nc2ccc(Br)cc2c(=O)n1N=Cc1cc(Br)cc([N+](=O)[O-])c1OC(C)C. The van der Waals surface area contributed by atoms with Gasteiger partial charge >= 0.3 is 5.69 Å². The molecule has 0 aliphatic carbocycles. The van der Waals surface area contributed by atoms with Crippen LogP contribution in [0.5, 0.6) is 5.75 Å². The van der Waals surface area contributed by atoms with Gasteiger partial charge in [-0.05, 0) is 44.5 Å². The Morgan fingerprint density at radius 1 is 1.25 bits per heavy atom. The molecule has 1 aromatic heterocycles. The molecule has 0 aliphatic rings. The summed E-state index contributed by atoms with van der Waals surface area (Å²) in [4.78, 5) is 28.9. The van der Waals surface area contributed by atoms with Crippen LogP contribution in [0.2, 0.25) is 0 Å². The van der Waals surface area contributed by atoms with Gasteiger partial charge in [0.2, 0.25) is 5.75 Å². The molecule has 1 heterocycles. The fourth-order valence-electron chi connectivity index (χ4n) is 3.13. The number of fused-ring (bicyclic) bond motifs is 1. The lowest BCUT2D eigenvalue weighted by atomic mass is 10.2. The minimum Gasteiger partial charge on any atom is -0.484 e. The first-order valence-electron chi connectivity index (χ1n) is 10.1. The maximum Gasteiger partial charge on any atom is 0.312 e. The molecule has 0 radical (unpaired) electrons. The van der Waals surface area contributed by atoms with Gasteiger partial charge in [0.1, 0.15) is 5.82 Å². The maximum absolute atomic E-state index is 13.2. The lowest BCUT2D eigenvalue weighted by Crippen LogP contribution is -2.22. The van der Waals surface area contributed by atoms with Crippen LogP contribution in [0.1, 0.15) is 45.0 Å². The Morgan fingerprint density at radius 2 is 2.00 bits per heavy atom. The van der Waals surface area contributed by atoms with Gasteiger partial charge < -0.3 is 4.74 Å². The quantitative estimate of drug-likeness (QED) is 0.194. The minimum absolute atomic E-state index is 0.0941. The second-order valence-electron chi connectivity index (χ2n) is 7.42. The van der Waals surface area contributed by atoms with Crippen LogP contribution in [0, 0.1) is 10.1 Å². The zero-order valence-electron chi connectivity index (χ0n) is 17.8. The van der Waals surface area contributed by atoms with Crippen molar-refractivity contribution in [1.82, 2.24) is 9.66 Å². The molecule has 0 atom stereocenters. The third-order valence-electron chi connectivity index (χ3n) is 4.55. The molecule has 0 amide bonds. The van der Waals surface area contributed by atoms with Crippen LogP contribution in [0.25, 0.3) is 10.9 Å². The molecule has 8 nitrogen and oxygen atoms in total. The Labute approximate surface area is 201 Å². The molecule has 32 heavy (non-hydrogen) atoms. The van der Waals surface area contributed by atoms with Crippen molar-refractivity contribution in [3.8, 4) is 5.75 Å². The van der Waals surface area contributed by atoms with Gasteiger partial charge in [-0.15, -0.1) is 0 Å². The largest absolute Gasteiger partial charge is 0.484 e. The average molecular weight is 566 g/mol. The third-order valence-corrected chi connectivity index (χ3v) is 5.51. The van der Waals surface area contributed by atoms with Gasteiger partial charge in [-0.25, -0.2) is 4.98 Å². The standard InChI is InChI=1S/C22H22Br2N4O4/c1-4-5-6-20-26-18-8-7-15(23)10-17(18)22(29)27(20)25-12-14-9-16(24)11-19(28(30)31)21(14)32-13(2)3/h7-13H,4-6H2,1-3H3. The Morgan fingerprint density at radius 3 is 2.66 bits per heavy atom. The van der Waals surface area contributed by atoms with Crippen molar-refractivity contribution in [3.05, 3.63) is 71.1 Å². The van der Waals surface area contributed by atoms with E-state index in [1.165, 1.54) is 17.0 Å². The third kappa shape index (κ3) is 5.42. The van der Waals surface area contributed by atoms with Crippen molar-refractivity contribution in [2.24, 2.45) is 5.10 Å². The highest BCUT2D eigenvalue weighted by atomic mass is 79.9. The Balaban J connectivity index is 2.20. The molecule has 0 unspecified atom stereocenters. The average Bonchev–Trinajstić information content (AvgIpc) is 2.73. The van der Waals surface area contributed by atoms with Gasteiger partial charge in [-0.1, -0.05) is 45.2 Å². The van der Waals surface area contributed by atoms with Crippen LogP contribution in [0.3, 0.4) is 0 Å². The van der Waals surface area contributed by atoms with E-state index in [1.54, 1.807) is 32.0 Å². The summed E-state index contributed by atoms with van der Waals surface area (Å²) in [5, 5.41) is 16.4. The predicted octanol–water partition coefficient (Wildman–Crippen LogP) is 5.84. The number of nitro benzene ring substituents is 1. The van der Waals surface area contributed by atoms with Crippen LogP contribution >= 0.6 is 31.9 Å². The number of ether oxygens (including phenoxy) is 1. The minimum atomic E-state index is -0.506. The first-order chi connectivity index (χ1) is 15.2. The molecular weight excluding hydrogens is 544 g/mol. The second kappa shape index (κ2) is 10.4. The van der Waals surface area contributed by atoms with Crippen LogP contribution in [-0.4, -0.2) is 26.9 Å². The van der Waals surface area contributed by atoms with Gasteiger partial charge in [0.15, 0.2) is 0 Å². The van der Waals surface area contributed by atoms with Crippen LogP contribution in [-0.2, 0) is 6.42 Å². The van der Waals surface area contributed by atoms with E-state index in [0.29, 0.717) is 33.2 Å². The number of hydrogen-bond donors (Lipinski definition) is 0. The number of hydrogen-bond acceptors (Lipinski definition) is 6. The summed E-state index contributed by atoms with van der Waals surface area (Å²) in [5.74, 6) is 0.621. The summed E-state index contributed by atoms with van der Waals surface area (Å²) in [6, 6.07) is 8.37. The lowest BCUT2D eigenvalue weighted by Gasteiger charge is -2.13. The number of nitrogens with zero attached hydrogens (tertiary/aromatic N) is 4. The molecule has 2 aromatic carbocycles. The van der Waals surface area contributed by atoms with E-state index in [4.69, 9.17) is 4.74 Å². The molecule has 0 saturated carbocycles. The van der Waals surface area contributed by atoms with E-state index in [1.807, 2.05) is 6.07 Å². The normalized spacial score (nSPS) is 11.6. The summed E-state index contributed by atoms with van der Waals surface area (Å²) in [6.45, 7) is 5.62. The monoisotopic (exact) mass is 564 g/mol. The Kier molecular flexibility index (Phi) is 7.78. The van der Waals surface area contributed by atoms with Crippen molar-refractivity contribution in [1.29, 1.82) is 0 Å². The zero-order chi connectivity index (χ0) is 23.4. The van der Waals surface area contributed by atoms with Gasteiger partial charge in [-0.3, -0.25) is 14.9 Å². The molecule has 0 bridgehead atoms. The fourth-order valence-corrected chi connectivity index (χ4v) is 3.95. The molecule has 0 N–H and O–H groups in total. The molecule has 10 heteroatoms. The number of aromatic nitrogens is 2. The van der Waals surface area contributed by atoms with E-state index in [0.717, 1.165) is 17.3 Å². The molecular formula is C22H22Br2N4O4. The van der Waals surface area contributed by atoms with Crippen LogP contribution in [0.4, 0.5) is 5.69 Å². The maximum atomic E-state index is 13.2. The van der Waals surface area contributed by atoms with Crippen molar-refractivity contribution < 1.29 is 9.66 Å². The van der Waals surface area contributed by atoms with Crippen molar-refractivity contribution in [2.75, 3.05) is 0 Å². The highest BCUT2D eigenvalue weighted by Crippen LogP contribution is 2.34. The van der Waals surface area contributed by atoms with E-state index < -0.39 is 4.92 Å². The number of benzene rings is 2. The summed E-state index contributed by atoms with van der Waals surface area (Å²) >= 11 is 6.69. The Hall–Kier alpha value is -2.59. The van der Waals surface area contributed by atoms with E-state index in [2.05, 4.69) is 48.9 Å². The fraction of sp³-hybridized carbons (Fsp3) is 0.318. The van der Waals surface area contributed by atoms with E-state index >= 15 is 0 Å². The highest BCUT2D eigenvalue weighted by molar-refractivity contribution is 9.10. The summed E-state index contributed by atoms with van der Waals surface area (Å²) in [7, 11) is 0. The zero-order valence-corrected chi connectivity index (χ0v) is 21.0. The predicted molar refractivity (Wildman–Crippen MR) is 132 cm³/mol. The van der Waals surface area contributed by atoms with Crippen LogP contribution in [0.15, 0.2) is 49.2 Å². The van der Waals surface area contributed by atoms with Crippen molar-refractivity contribution in [3.63, 3.8) is 0 Å². The van der Waals surface area contributed by atoms with Gasteiger partial charge in [0.05, 0.1) is 28.1 Å². The lowest BCUT2D eigenvalue weighted by molar-refractivity contribution is -0.386. The van der Waals surface area contributed by atoms with Crippen molar-refractivity contribution in [2.45, 2.75) is 46.1 Å². The molecule has 3 aromatic rings. The molecule has 3 rings (SSSR count). The first kappa shape index (κ1) is 24.1. The summed E-state index contributed by atoms with van der Waals surface area (Å²) in [5.41, 5.74) is 0.475. The number of rotatable bonds is 8. The number of nitro groups is 1. The second-order valence-corrected chi connectivity index (χ2v) is 9.25. The Bertz CT molecular complexity index is 1250. The molecule has 0 fully saturated rings. The highest BCUT2D eigenvalue weighted by Gasteiger charge is 2.21. The van der Waals surface area contributed by atoms with Crippen molar-refractivity contribution >= 4 is 54.7 Å². The van der Waals surface area contributed by atoms with E-state index in [9.17, 15) is 14.9 Å². The van der Waals surface area contributed by atoms with Gasteiger partial charge in [0.25, 0.3) is 5.56 Å². The van der Waals surface area contributed by atoms with Gasteiger partial charge in [-0.2, -0.15) is 9.78 Å². The van der Waals surface area contributed by atoms with Gasteiger partial charge in [0, 0.05) is 27.0 Å². The smallest absolute Gasteiger partial charge is 0.312 e. The molecule has 0 saturated heterocycles. The topological polar surface area (TPSA) is 99.6 Å². The molecule has 168 valence electrons. The summed E-state index contributed by atoms with van der Waals surface area (Å²) < 4.78 is 8.25. The molecule has 0 aliphatic heterocycles. The van der Waals surface area contributed by atoms with E-state index in [-0.39, 0.29) is 23.1 Å². The summed E-state index contributed by atoms with van der Waals surface area (Å²) in [6.07, 6.45) is 3.46. The molecule has 0 spiro atoms. The number of halogens is 2.